The Morgan fingerprint density at radius 1 is 1.29 bits per heavy atom. The molecule has 0 spiro atoms. The molecule has 0 bridgehead atoms. The van der Waals surface area contributed by atoms with Crippen molar-refractivity contribution >= 4 is 17.5 Å². The van der Waals surface area contributed by atoms with Gasteiger partial charge in [-0.3, -0.25) is 4.98 Å². The van der Waals surface area contributed by atoms with Crippen LogP contribution in [-0.2, 0) is 0 Å². The average Bonchev–Trinajstić information content (AvgIpc) is 3.39. The fourth-order valence-electron chi connectivity index (χ4n) is 3.37. The Kier molecular flexibility index (Phi) is 5.24. The van der Waals surface area contributed by atoms with Gasteiger partial charge in [0.25, 0.3) is 0 Å². The molecule has 150 valence electrons. The number of aromatic nitrogens is 1. The molecular weight excluding hydrogens is 352 g/mol. The van der Waals surface area contributed by atoms with E-state index in [1.165, 1.54) is 0 Å². The molecule has 6 nitrogen and oxygen atoms in total. The van der Waals surface area contributed by atoms with E-state index in [2.05, 4.69) is 16.4 Å². The summed E-state index contributed by atoms with van der Waals surface area (Å²) in [5.74, 6) is 0. The number of aryl methyl sites for hydroxylation is 1. The fourth-order valence-corrected chi connectivity index (χ4v) is 3.37. The van der Waals surface area contributed by atoms with Crippen molar-refractivity contribution in [1.82, 2.24) is 9.88 Å². The largest absolute Gasteiger partial charge is 0.465 e. The Morgan fingerprint density at radius 2 is 1.93 bits per heavy atom. The van der Waals surface area contributed by atoms with Crippen LogP contribution in [0.15, 0.2) is 36.5 Å². The van der Waals surface area contributed by atoms with E-state index in [-0.39, 0.29) is 5.41 Å². The van der Waals surface area contributed by atoms with Crippen LogP contribution in [0, 0.1) is 12.3 Å². The highest BCUT2D eigenvalue weighted by molar-refractivity contribution is 5.71. The second-order valence-electron chi connectivity index (χ2n) is 8.87. The van der Waals surface area contributed by atoms with E-state index >= 15 is 0 Å². The van der Waals surface area contributed by atoms with Crippen molar-refractivity contribution < 1.29 is 9.90 Å². The monoisotopic (exact) mass is 382 g/mol. The SMILES string of the molecule is Cc1ncc(NCC2(CN(C(=O)O)C(C)(C)C)CC2)cc1-c1ccc(N)cc1. The van der Waals surface area contributed by atoms with Gasteiger partial charge in [-0.1, -0.05) is 12.1 Å². The van der Waals surface area contributed by atoms with Crippen molar-refractivity contribution in [1.29, 1.82) is 0 Å². The van der Waals surface area contributed by atoms with Gasteiger partial charge in [0.15, 0.2) is 0 Å². The van der Waals surface area contributed by atoms with Crippen molar-refractivity contribution in [3.05, 3.63) is 42.2 Å². The molecule has 0 aliphatic heterocycles. The number of nitrogens with zero attached hydrogens (tertiary/aromatic N) is 2. The summed E-state index contributed by atoms with van der Waals surface area (Å²) in [6.45, 7) is 9.09. The van der Waals surface area contributed by atoms with Crippen LogP contribution in [0.4, 0.5) is 16.2 Å². The van der Waals surface area contributed by atoms with Gasteiger partial charge in [-0.25, -0.2) is 4.79 Å². The van der Waals surface area contributed by atoms with Crippen molar-refractivity contribution in [3.63, 3.8) is 0 Å². The lowest BCUT2D eigenvalue weighted by atomic mass is 10.0. The summed E-state index contributed by atoms with van der Waals surface area (Å²) >= 11 is 0. The molecule has 0 atom stereocenters. The van der Waals surface area contributed by atoms with Gasteiger partial charge in [0, 0.05) is 41.0 Å². The van der Waals surface area contributed by atoms with Crippen LogP contribution in [0.1, 0.15) is 39.3 Å². The van der Waals surface area contributed by atoms with Crippen molar-refractivity contribution in [2.75, 3.05) is 24.1 Å². The first-order chi connectivity index (χ1) is 13.1. The topological polar surface area (TPSA) is 91.5 Å². The van der Waals surface area contributed by atoms with Gasteiger partial charge in [-0.05, 0) is 64.3 Å². The van der Waals surface area contributed by atoms with Crippen molar-refractivity contribution in [2.45, 2.75) is 46.1 Å². The molecule has 0 radical (unpaired) electrons. The first-order valence-corrected chi connectivity index (χ1v) is 9.67. The molecule has 1 aromatic heterocycles. The lowest BCUT2D eigenvalue weighted by Gasteiger charge is -2.36. The highest BCUT2D eigenvalue weighted by Crippen LogP contribution is 2.47. The Bertz CT molecular complexity index is 852. The summed E-state index contributed by atoms with van der Waals surface area (Å²) in [5.41, 5.74) is 10.2. The molecule has 2 aromatic rings. The highest BCUT2D eigenvalue weighted by Gasteiger charge is 2.46. The van der Waals surface area contributed by atoms with Gasteiger partial charge in [0.1, 0.15) is 0 Å². The maximum atomic E-state index is 11.7. The van der Waals surface area contributed by atoms with E-state index in [0.29, 0.717) is 6.54 Å². The van der Waals surface area contributed by atoms with Crippen molar-refractivity contribution in [2.24, 2.45) is 5.41 Å². The van der Waals surface area contributed by atoms with Gasteiger partial charge in [0.05, 0.1) is 11.9 Å². The third-order valence-electron chi connectivity index (χ3n) is 5.47. The van der Waals surface area contributed by atoms with Crippen LogP contribution in [0.3, 0.4) is 0 Å². The number of pyridine rings is 1. The number of carboxylic acid groups (broad SMARTS) is 1. The number of benzene rings is 1. The van der Waals surface area contributed by atoms with Gasteiger partial charge in [0.2, 0.25) is 0 Å². The van der Waals surface area contributed by atoms with E-state index < -0.39 is 11.6 Å². The normalized spacial score (nSPS) is 15.1. The molecule has 1 aliphatic carbocycles. The summed E-state index contributed by atoms with van der Waals surface area (Å²) in [5, 5.41) is 13.1. The minimum atomic E-state index is -0.860. The average molecular weight is 383 g/mol. The molecule has 6 heteroatoms. The molecule has 28 heavy (non-hydrogen) atoms. The minimum Gasteiger partial charge on any atom is -0.465 e. The quantitative estimate of drug-likeness (QED) is 0.635. The van der Waals surface area contributed by atoms with Crippen LogP contribution in [0.5, 0.6) is 0 Å². The molecule has 0 saturated heterocycles. The molecule has 1 aliphatic rings. The minimum absolute atomic E-state index is 0.00207. The molecule has 0 unspecified atom stereocenters. The zero-order valence-electron chi connectivity index (χ0n) is 17.1. The van der Waals surface area contributed by atoms with E-state index in [1.54, 1.807) is 4.90 Å². The number of hydrogen-bond acceptors (Lipinski definition) is 4. The van der Waals surface area contributed by atoms with Crippen LogP contribution in [0.25, 0.3) is 11.1 Å². The number of nitrogens with one attached hydrogen (secondary N) is 1. The lowest BCUT2D eigenvalue weighted by molar-refractivity contribution is 0.0866. The number of nitrogens with two attached hydrogens (primary N) is 1. The molecule has 1 fully saturated rings. The molecule has 1 heterocycles. The van der Waals surface area contributed by atoms with Crippen LogP contribution in [0.2, 0.25) is 0 Å². The van der Waals surface area contributed by atoms with Gasteiger partial charge in [-0.2, -0.15) is 0 Å². The lowest BCUT2D eigenvalue weighted by Crippen LogP contribution is -2.48. The molecule has 1 saturated carbocycles. The van der Waals surface area contributed by atoms with Crippen LogP contribution >= 0.6 is 0 Å². The summed E-state index contributed by atoms with van der Waals surface area (Å²) in [7, 11) is 0. The maximum Gasteiger partial charge on any atom is 0.407 e. The summed E-state index contributed by atoms with van der Waals surface area (Å²) < 4.78 is 0. The molecule has 3 rings (SSSR count). The highest BCUT2D eigenvalue weighted by atomic mass is 16.4. The van der Waals surface area contributed by atoms with Gasteiger partial charge < -0.3 is 21.1 Å². The standard InChI is InChI=1S/C22H30N4O2/c1-15-19(16-5-7-17(23)8-6-16)11-18(12-24-15)25-13-22(9-10-22)14-26(20(27)28)21(2,3)4/h5-8,11-12,25H,9-10,13-14,23H2,1-4H3,(H,27,28). The Morgan fingerprint density at radius 3 is 2.46 bits per heavy atom. The number of nitrogen functional groups attached to an aromatic ring is 1. The third kappa shape index (κ3) is 4.55. The predicted octanol–water partition coefficient (Wildman–Crippen LogP) is 4.61. The third-order valence-corrected chi connectivity index (χ3v) is 5.47. The summed E-state index contributed by atoms with van der Waals surface area (Å²) in [6, 6.07) is 9.88. The second-order valence-corrected chi connectivity index (χ2v) is 8.87. The Balaban J connectivity index is 1.72. The van der Waals surface area contributed by atoms with E-state index in [4.69, 9.17) is 5.73 Å². The predicted molar refractivity (Wildman–Crippen MR) is 113 cm³/mol. The fraction of sp³-hybridized carbons (Fsp3) is 0.455. The number of amides is 1. The first kappa shape index (κ1) is 20.0. The molecule has 4 N–H and O–H groups in total. The van der Waals surface area contributed by atoms with Gasteiger partial charge in [-0.15, -0.1) is 0 Å². The summed E-state index contributed by atoms with van der Waals surface area (Å²) in [6.07, 6.45) is 3.04. The van der Waals surface area contributed by atoms with E-state index in [9.17, 15) is 9.90 Å². The van der Waals surface area contributed by atoms with E-state index in [1.807, 2.05) is 58.2 Å². The zero-order chi connectivity index (χ0) is 20.5. The van der Waals surface area contributed by atoms with Gasteiger partial charge >= 0.3 is 6.09 Å². The number of hydrogen-bond donors (Lipinski definition) is 3. The zero-order valence-corrected chi connectivity index (χ0v) is 17.1. The van der Waals surface area contributed by atoms with Crippen molar-refractivity contribution in [3.8, 4) is 11.1 Å². The molecule has 1 amide bonds. The van der Waals surface area contributed by atoms with Crippen LogP contribution in [-0.4, -0.2) is 39.7 Å². The molecular formula is C22H30N4O2. The second kappa shape index (κ2) is 7.34. The molecule has 1 aromatic carbocycles. The maximum absolute atomic E-state index is 11.7. The number of anilines is 2. The Hall–Kier alpha value is -2.76. The number of carbonyl (C=O) groups is 1. The van der Waals surface area contributed by atoms with Crippen LogP contribution < -0.4 is 11.1 Å². The Labute approximate surface area is 166 Å². The van der Waals surface area contributed by atoms with E-state index in [0.717, 1.165) is 47.6 Å². The first-order valence-electron chi connectivity index (χ1n) is 9.67. The smallest absolute Gasteiger partial charge is 0.407 e. The summed E-state index contributed by atoms with van der Waals surface area (Å²) in [4.78, 5) is 17.8. The number of rotatable bonds is 6.